The lowest BCUT2D eigenvalue weighted by molar-refractivity contribution is -0.114. The first-order chi connectivity index (χ1) is 12.5. The quantitative estimate of drug-likeness (QED) is 0.470. The predicted molar refractivity (Wildman–Crippen MR) is 109 cm³/mol. The number of aromatic nitrogens is 1. The Balaban J connectivity index is 1.82. The molecule has 0 fully saturated rings. The fourth-order valence-corrected chi connectivity index (χ4v) is 3.24. The van der Waals surface area contributed by atoms with E-state index < -0.39 is 0 Å². The summed E-state index contributed by atoms with van der Waals surface area (Å²) in [6.45, 7) is 3.50. The Morgan fingerprint density at radius 2 is 1.85 bits per heavy atom. The monoisotopic (exact) mass is 384 g/mol. The minimum absolute atomic E-state index is 0.141. The standard InChI is InChI=1S/C19H17ClN4OS/c1-12-3-7-15(8-4-12)17-18(22-13(2)25)26-19(23-17)24-21-11-14-5-9-16(20)10-6-14/h3-11H,1-2H3,(H,22,25)(H,23,24). The topological polar surface area (TPSA) is 66.4 Å². The van der Waals surface area contributed by atoms with E-state index in [-0.39, 0.29) is 5.91 Å². The largest absolute Gasteiger partial charge is 0.316 e. The number of thiazole rings is 1. The molecule has 0 aliphatic heterocycles. The minimum Gasteiger partial charge on any atom is -0.316 e. The van der Waals surface area contributed by atoms with Gasteiger partial charge in [0.1, 0.15) is 10.7 Å². The molecule has 2 aromatic carbocycles. The van der Waals surface area contributed by atoms with Gasteiger partial charge in [-0.25, -0.2) is 4.98 Å². The van der Waals surface area contributed by atoms with Crippen molar-refractivity contribution in [3.63, 3.8) is 0 Å². The predicted octanol–water partition coefficient (Wildman–Crippen LogP) is 5.18. The smallest absolute Gasteiger partial charge is 0.221 e. The van der Waals surface area contributed by atoms with Crippen molar-refractivity contribution in [1.29, 1.82) is 0 Å². The Bertz CT molecular complexity index is 933. The Kier molecular flexibility index (Phi) is 5.65. The second-order valence-corrected chi connectivity index (χ2v) is 7.10. The summed E-state index contributed by atoms with van der Waals surface area (Å²) in [5, 5.41) is 8.99. The van der Waals surface area contributed by atoms with Gasteiger partial charge >= 0.3 is 0 Å². The average Bonchev–Trinajstić information content (AvgIpc) is 2.99. The van der Waals surface area contributed by atoms with Crippen molar-refractivity contribution in [3.05, 3.63) is 64.7 Å². The lowest BCUT2D eigenvalue weighted by Crippen LogP contribution is -2.05. The van der Waals surface area contributed by atoms with E-state index in [0.717, 1.165) is 22.4 Å². The van der Waals surface area contributed by atoms with E-state index in [0.29, 0.717) is 15.2 Å². The van der Waals surface area contributed by atoms with Crippen molar-refractivity contribution in [2.45, 2.75) is 13.8 Å². The van der Waals surface area contributed by atoms with Crippen LogP contribution in [0.1, 0.15) is 18.1 Å². The van der Waals surface area contributed by atoms with Gasteiger partial charge in [-0.3, -0.25) is 10.2 Å². The normalized spacial score (nSPS) is 10.9. The maximum atomic E-state index is 11.5. The van der Waals surface area contributed by atoms with Gasteiger partial charge in [0.25, 0.3) is 0 Å². The molecule has 3 aromatic rings. The molecule has 0 bridgehead atoms. The zero-order valence-electron chi connectivity index (χ0n) is 14.3. The van der Waals surface area contributed by atoms with Crippen molar-refractivity contribution >= 4 is 45.2 Å². The number of carbonyl (C=O) groups excluding carboxylic acids is 1. The molecule has 5 nitrogen and oxygen atoms in total. The molecule has 132 valence electrons. The van der Waals surface area contributed by atoms with Gasteiger partial charge in [-0.2, -0.15) is 5.10 Å². The summed E-state index contributed by atoms with van der Waals surface area (Å²) in [7, 11) is 0. The highest BCUT2D eigenvalue weighted by Gasteiger charge is 2.14. The number of aryl methyl sites for hydroxylation is 1. The van der Waals surface area contributed by atoms with E-state index in [2.05, 4.69) is 20.8 Å². The highest BCUT2D eigenvalue weighted by atomic mass is 35.5. The van der Waals surface area contributed by atoms with Crippen molar-refractivity contribution in [3.8, 4) is 11.3 Å². The van der Waals surface area contributed by atoms with Crippen molar-refractivity contribution in [2.24, 2.45) is 5.10 Å². The molecule has 7 heteroatoms. The van der Waals surface area contributed by atoms with Gasteiger partial charge in [-0.15, -0.1) is 0 Å². The summed E-state index contributed by atoms with van der Waals surface area (Å²) in [5.41, 5.74) is 6.65. The van der Waals surface area contributed by atoms with Crippen LogP contribution in [0.15, 0.2) is 53.6 Å². The minimum atomic E-state index is -0.141. The van der Waals surface area contributed by atoms with Crippen LogP contribution in [0, 0.1) is 6.92 Å². The van der Waals surface area contributed by atoms with Gasteiger partial charge in [0.2, 0.25) is 11.0 Å². The number of hydrogen-bond acceptors (Lipinski definition) is 5. The molecule has 2 N–H and O–H groups in total. The van der Waals surface area contributed by atoms with Crippen LogP contribution in [-0.4, -0.2) is 17.1 Å². The molecule has 1 amide bonds. The molecule has 0 spiro atoms. The van der Waals surface area contributed by atoms with Gasteiger partial charge < -0.3 is 5.32 Å². The Labute approximate surface area is 160 Å². The van der Waals surface area contributed by atoms with Gasteiger partial charge in [-0.1, -0.05) is 64.9 Å². The third kappa shape index (κ3) is 4.68. The second-order valence-electron chi connectivity index (χ2n) is 5.67. The first kappa shape index (κ1) is 18.1. The zero-order valence-corrected chi connectivity index (χ0v) is 15.9. The summed E-state index contributed by atoms with van der Waals surface area (Å²) < 4.78 is 0. The maximum absolute atomic E-state index is 11.5. The summed E-state index contributed by atoms with van der Waals surface area (Å²) in [6, 6.07) is 15.3. The van der Waals surface area contributed by atoms with Crippen molar-refractivity contribution < 1.29 is 4.79 Å². The Hall–Kier alpha value is -2.70. The summed E-state index contributed by atoms with van der Waals surface area (Å²) >= 11 is 7.20. The van der Waals surface area contributed by atoms with E-state index in [9.17, 15) is 4.79 Å². The van der Waals surface area contributed by atoms with Crippen LogP contribution < -0.4 is 10.7 Å². The number of amides is 1. The first-order valence-corrected chi connectivity index (χ1v) is 9.11. The molecule has 1 heterocycles. The molecular formula is C19H17ClN4OS. The lowest BCUT2D eigenvalue weighted by atomic mass is 10.1. The number of halogens is 1. The molecule has 0 aliphatic rings. The summed E-state index contributed by atoms with van der Waals surface area (Å²) in [5.74, 6) is -0.141. The lowest BCUT2D eigenvalue weighted by Gasteiger charge is -2.02. The number of nitrogens with one attached hydrogen (secondary N) is 2. The van der Waals surface area contributed by atoms with E-state index in [1.807, 2.05) is 43.3 Å². The van der Waals surface area contributed by atoms with Crippen LogP contribution >= 0.6 is 22.9 Å². The summed E-state index contributed by atoms with van der Waals surface area (Å²) in [4.78, 5) is 16.1. The molecule has 0 atom stereocenters. The highest BCUT2D eigenvalue weighted by molar-refractivity contribution is 7.20. The molecule has 1 aromatic heterocycles. The zero-order chi connectivity index (χ0) is 18.5. The third-order valence-corrected chi connectivity index (χ3v) is 4.61. The van der Waals surface area contributed by atoms with E-state index in [1.54, 1.807) is 18.3 Å². The number of hydrazone groups is 1. The van der Waals surface area contributed by atoms with Gasteiger partial charge in [0, 0.05) is 17.5 Å². The third-order valence-electron chi connectivity index (χ3n) is 3.49. The summed E-state index contributed by atoms with van der Waals surface area (Å²) in [6.07, 6.45) is 1.68. The highest BCUT2D eigenvalue weighted by Crippen LogP contribution is 2.36. The van der Waals surface area contributed by atoms with Crippen LogP contribution in [0.25, 0.3) is 11.3 Å². The van der Waals surface area contributed by atoms with E-state index in [4.69, 9.17) is 11.6 Å². The molecule has 0 saturated heterocycles. The second kappa shape index (κ2) is 8.12. The molecular weight excluding hydrogens is 368 g/mol. The number of hydrogen-bond donors (Lipinski definition) is 2. The van der Waals surface area contributed by atoms with Crippen LogP contribution in [-0.2, 0) is 4.79 Å². The van der Waals surface area contributed by atoms with Crippen molar-refractivity contribution in [2.75, 3.05) is 10.7 Å². The fourth-order valence-electron chi connectivity index (χ4n) is 2.23. The molecule has 0 saturated carbocycles. The molecule has 0 aliphatic carbocycles. The maximum Gasteiger partial charge on any atom is 0.221 e. The SMILES string of the molecule is CC(=O)Nc1sc(NN=Cc2ccc(Cl)cc2)nc1-c1ccc(C)cc1. The van der Waals surface area contributed by atoms with Crippen LogP contribution in [0.2, 0.25) is 5.02 Å². The molecule has 0 unspecified atom stereocenters. The fraction of sp³-hybridized carbons (Fsp3) is 0.105. The van der Waals surface area contributed by atoms with Gasteiger partial charge in [0.05, 0.1) is 6.21 Å². The number of anilines is 2. The average molecular weight is 385 g/mol. The van der Waals surface area contributed by atoms with Gasteiger partial charge in [0.15, 0.2) is 0 Å². The van der Waals surface area contributed by atoms with Gasteiger partial charge in [-0.05, 0) is 24.6 Å². The number of carbonyl (C=O) groups is 1. The van der Waals surface area contributed by atoms with Crippen LogP contribution in [0.4, 0.5) is 10.1 Å². The Morgan fingerprint density at radius 1 is 1.15 bits per heavy atom. The number of benzene rings is 2. The molecule has 26 heavy (non-hydrogen) atoms. The first-order valence-electron chi connectivity index (χ1n) is 7.91. The Morgan fingerprint density at radius 3 is 2.50 bits per heavy atom. The van der Waals surface area contributed by atoms with Crippen molar-refractivity contribution in [1.82, 2.24) is 4.98 Å². The number of nitrogens with zero attached hydrogens (tertiary/aromatic N) is 2. The number of rotatable bonds is 5. The van der Waals surface area contributed by atoms with Crippen LogP contribution in [0.5, 0.6) is 0 Å². The molecule has 0 radical (unpaired) electrons. The van der Waals surface area contributed by atoms with Crippen LogP contribution in [0.3, 0.4) is 0 Å². The molecule has 3 rings (SSSR count). The van der Waals surface area contributed by atoms with E-state index in [1.165, 1.54) is 18.3 Å². The van der Waals surface area contributed by atoms with E-state index >= 15 is 0 Å².